The molecule has 30 heavy (non-hydrogen) atoms. The van der Waals surface area contributed by atoms with Crippen LogP contribution in [0.15, 0.2) is 12.2 Å². The Morgan fingerprint density at radius 1 is 1.23 bits per heavy atom. The highest BCUT2D eigenvalue weighted by molar-refractivity contribution is 7.17. The Hall–Kier alpha value is -2.15. The van der Waals surface area contributed by atoms with Crippen molar-refractivity contribution in [2.75, 3.05) is 5.32 Å². The number of allylic oxidation sites excluding steroid dienone is 2. The van der Waals surface area contributed by atoms with Crippen molar-refractivity contribution in [1.82, 2.24) is 0 Å². The maximum absolute atomic E-state index is 13.2. The van der Waals surface area contributed by atoms with E-state index in [0.717, 1.165) is 36.1 Å². The molecular weight excluding hydrogens is 402 g/mol. The molecule has 1 saturated carbocycles. The molecular formula is C23H29NO5S. The van der Waals surface area contributed by atoms with Crippen LogP contribution in [0.25, 0.3) is 0 Å². The number of carboxylic acid groups (broad SMARTS) is 1. The summed E-state index contributed by atoms with van der Waals surface area (Å²) >= 11 is 1.46. The van der Waals surface area contributed by atoms with Crippen LogP contribution in [0.2, 0.25) is 0 Å². The summed E-state index contributed by atoms with van der Waals surface area (Å²) in [7, 11) is 0. The molecule has 0 unspecified atom stereocenters. The maximum Gasteiger partial charge on any atom is 0.341 e. The molecule has 7 heteroatoms. The second-order valence-corrected chi connectivity index (χ2v) is 10.1. The summed E-state index contributed by atoms with van der Waals surface area (Å²) in [5.41, 5.74) is 1.46. The molecule has 1 amide bonds. The Bertz CT molecular complexity index is 902. The molecule has 0 spiro atoms. The number of rotatable bonds is 6. The molecule has 2 bridgehead atoms. The molecule has 2 N–H and O–H groups in total. The van der Waals surface area contributed by atoms with Crippen molar-refractivity contribution in [3.05, 3.63) is 28.2 Å². The Labute approximate surface area is 180 Å². The second kappa shape index (κ2) is 8.17. The number of aliphatic carboxylic acids is 1. The number of carboxylic acids is 1. The molecule has 162 valence electrons. The average Bonchev–Trinajstić information content (AvgIpc) is 3.38. The molecule has 5 atom stereocenters. The molecule has 0 aliphatic heterocycles. The number of amides is 1. The minimum absolute atomic E-state index is 0.0544. The van der Waals surface area contributed by atoms with Gasteiger partial charge in [0, 0.05) is 4.88 Å². The molecule has 4 rings (SSSR count). The van der Waals surface area contributed by atoms with E-state index in [1.165, 1.54) is 11.3 Å². The molecule has 1 aromatic rings. The quantitative estimate of drug-likeness (QED) is 0.518. The summed E-state index contributed by atoms with van der Waals surface area (Å²) in [5, 5.41) is 13.1. The first-order valence-corrected chi connectivity index (χ1v) is 11.7. The smallest absolute Gasteiger partial charge is 0.341 e. The summed E-state index contributed by atoms with van der Waals surface area (Å²) in [5.74, 6) is -2.50. The lowest BCUT2D eigenvalue weighted by Crippen LogP contribution is -2.36. The SMILES string of the molecule is CC[C@H]1CCc2c(sc(NC(=O)[C@H]3[C@@H](C(=O)O)[C@H]4C=C[C@H]3C4)c2C(=O)OC(C)C)C1. The first-order chi connectivity index (χ1) is 14.3. The van der Waals surface area contributed by atoms with Gasteiger partial charge in [-0.1, -0.05) is 25.5 Å². The van der Waals surface area contributed by atoms with E-state index < -0.39 is 23.8 Å². The number of thiophene rings is 1. The molecule has 3 aliphatic carbocycles. The van der Waals surface area contributed by atoms with Gasteiger partial charge in [-0.05, 0) is 62.8 Å². The van der Waals surface area contributed by atoms with Gasteiger partial charge in [0.05, 0.1) is 23.5 Å². The fourth-order valence-corrected chi connectivity index (χ4v) is 6.64. The van der Waals surface area contributed by atoms with Crippen molar-refractivity contribution in [2.45, 2.75) is 59.0 Å². The van der Waals surface area contributed by atoms with Crippen LogP contribution in [0.1, 0.15) is 60.8 Å². The van der Waals surface area contributed by atoms with Crippen LogP contribution in [0.4, 0.5) is 5.00 Å². The zero-order chi connectivity index (χ0) is 21.6. The topological polar surface area (TPSA) is 92.7 Å². The van der Waals surface area contributed by atoms with Crippen molar-refractivity contribution in [2.24, 2.45) is 29.6 Å². The predicted octanol–water partition coefficient (Wildman–Crippen LogP) is 4.29. The second-order valence-electron chi connectivity index (χ2n) is 9.01. The van der Waals surface area contributed by atoms with Crippen LogP contribution < -0.4 is 5.32 Å². The van der Waals surface area contributed by atoms with E-state index in [1.807, 2.05) is 12.2 Å². The van der Waals surface area contributed by atoms with E-state index in [1.54, 1.807) is 13.8 Å². The van der Waals surface area contributed by atoms with Crippen molar-refractivity contribution in [3.8, 4) is 0 Å². The number of hydrogen-bond donors (Lipinski definition) is 2. The van der Waals surface area contributed by atoms with E-state index >= 15 is 0 Å². The fourth-order valence-electron chi connectivity index (χ4n) is 5.29. The molecule has 0 saturated heterocycles. The highest BCUT2D eigenvalue weighted by Gasteiger charge is 2.52. The van der Waals surface area contributed by atoms with E-state index in [9.17, 15) is 19.5 Å². The number of anilines is 1. The van der Waals surface area contributed by atoms with Gasteiger partial charge in [0.1, 0.15) is 5.00 Å². The monoisotopic (exact) mass is 431 g/mol. The van der Waals surface area contributed by atoms with Gasteiger partial charge in [0.15, 0.2) is 0 Å². The average molecular weight is 432 g/mol. The van der Waals surface area contributed by atoms with E-state index in [2.05, 4.69) is 12.2 Å². The number of ether oxygens (including phenoxy) is 1. The predicted molar refractivity (Wildman–Crippen MR) is 115 cm³/mol. The van der Waals surface area contributed by atoms with Crippen LogP contribution in [-0.2, 0) is 27.2 Å². The molecule has 3 aliphatic rings. The first-order valence-electron chi connectivity index (χ1n) is 10.9. The lowest BCUT2D eigenvalue weighted by atomic mass is 9.82. The molecule has 6 nitrogen and oxygen atoms in total. The number of esters is 1. The number of carbonyl (C=O) groups excluding carboxylic acids is 2. The third-order valence-electron chi connectivity index (χ3n) is 6.78. The molecule has 0 radical (unpaired) electrons. The summed E-state index contributed by atoms with van der Waals surface area (Å²) < 4.78 is 5.48. The molecule has 1 heterocycles. The van der Waals surface area contributed by atoms with Gasteiger partial charge in [-0.3, -0.25) is 9.59 Å². The molecule has 0 aromatic carbocycles. The zero-order valence-corrected chi connectivity index (χ0v) is 18.5. The van der Waals surface area contributed by atoms with Crippen molar-refractivity contribution in [1.29, 1.82) is 0 Å². The summed E-state index contributed by atoms with van der Waals surface area (Å²) in [6.45, 7) is 5.79. The van der Waals surface area contributed by atoms with Gasteiger partial charge in [-0.2, -0.15) is 0 Å². The van der Waals surface area contributed by atoms with Gasteiger partial charge < -0.3 is 15.2 Å². The Balaban J connectivity index is 1.64. The Morgan fingerprint density at radius 2 is 1.93 bits per heavy atom. The third kappa shape index (κ3) is 3.68. The highest BCUT2D eigenvalue weighted by atomic mass is 32.1. The lowest BCUT2D eigenvalue weighted by Gasteiger charge is -2.23. The number of nitrogens with one attached hydrogen (secondary N) is 1. The number of fused-ring (bicyclic) bond motifs is 3. The molecule has 1 fully saturated rings. The largest absolute Gasteiger partial charge is 0.481 e. The van der Waals surface area contributed by atoms with Crippen LogP contribution in [0, 0.1) is 29.6 Å². The Kier molecular flexibility index (Phi) is 5.75. The third-order valence-corrected chi connectivity index (χ3v) is 7.95. The van der Waals surface area contributed by atoms with Crippen LogP contribution >= 0.6 is 11.3 Å². The van der Waals surface area contributed by atoms with Crippen LogP contribution in [0.5, 0.6) is 0 Å². The lowest BCUT2D eigenvalue weighted by molar-refractivity contribution is -0.146. The number of hydrogen-bond acceptors (Lipinski definition) is 5. The molecule has 1 aromatic heterocycles. The van der Waals surface area contributed by atoms with Gasteiger partial charge in [-0.25, -0.2) is 4.79 Å². The maximum atomic E-state index is 13.2. The normalized spacial score (nSPS) is 29.1. The highest BCUT2D eigenvalue weighted by Crippen LogP contribution is 2.49. The fraction of sp³-hybridized carbons (Fsp3) is 0.609. The standard InChI is InChI=1S/C23H29NO5S/c1-4-12-5-8-15-16(9-12)30-21(19(15)23(28)29-11(2)3)24-20(25)17-13-6-7-14(10-13)18(17)22(26)27/h6-7,11-14,17-18H,4-5,8-10H2,1-3H3,(H,24,25)(H,26,27)/t12-,13-,14-,17+,18-/m0/s1. The van der Waals surface area contributed by atoms with Gasteiger partial charge in [0.2, 0.25) is 5.91 Å². The van der Waals surface area contributed by atoms with E-state index in [4.69, 9.17) is 4.74 Å². The van der Waals surface area contributed by atoms with E-state index in [0.29, 0.717) is 22.9 Å². The summed E-state index contributed by atoms with van der Waals surface area (Å²) in [6.07, 6.45) is 8.16. The van der Waals surface area contributed by atoms with Crippen molar-refractivity contribution < 1.29 is 24.2 Å². The van der Waals surface area contributed by atoms with Gasteiger partial charge in [0.25, 0.3) is 0 Å². The van der Waals surface area contributed by atoms with Gasteiger partial charge >= 0.3 is 11.9 Å². The van der Waals surface area contributed by atoms with Crippen molar-refractivity contribution in [3.63, 3.8) is 0 Å². The summed E-state index contributed by atoms with van der Waals surface area (Å²) in [4.78, 5) is 39.0. The minimum atomic E-state index is -0.928. The summed E-state index contributed by atoms with van der Waals surface area (Å²) in [6, 6.07) is 0. The van der Waals surface area contributed by atoms with Crippen LogP contribution in [0.3, 0.4) is 0 Å². The zero-order valence-electron chi connectivity index (χ0n) is 17.6. The Morgan fingerprint density at radius 3 is 2.57 bits per heavy atom. The first kappa shape index (κ1) is 21.1. The number of carbonyl (C=O) groups is 3. The van der Waals surface area contributed by atoms with Crippen LogP contribution in [-0.4, -0.2) is 29.1 Å². The van der Waals surface area contributed by atoms with Crippen molar-refractivity contribution >= 4 is 34.2 Å². The minimum Gasteiger partial charge on any atom is -0.481 e. The van der Waals surface area contributed by atoms with Gasteiger partial charge in [-0.15, -0.1) is 11.3 Å². The van der Waals surface area contributed by atoms with E-state index in [-0.39, 0.29) is 23.8 Å².